The fourth-order valence-electron chi connectivity index (χ4n) is 5.96. The third-order valence-electron chi connectivity index (χ3n) is 8.15. The van der Waals surface area contributed by atoms with Crippen LogP contribution in [0, 0.1) is 12.3 Å². The Morgan fingerprint density at radius 1 is 1.07 bits per heavy atom. The lowest BCUT2D eigenvalue weighted by Gasteiger charge is -2.55. The zero-order valence-electron chi connectivity index (χ0n) is 25.9. The van der Waals surface area contributed by atoms with Crippen LogP contribution in [-0.4, -0.2) is 88.8 Å². The van der Waals surface area contributed by atoms with E-state index in [9.17, 15) is 19.5 Å². The Bertz CT molecular complexity index is 1630. The number of terminal acetylenes is 1. The minimum atomic E-state index is -0.912. The molecule has 2 heterocycles. The van der Waals surface area contributed by atoms with E-state index in [1.54, 1.807) is 65.6 Å². The van der Waals surface area contributed by atoms with Crippen LogP contribution in [0.5, 0.6) is 17.2 Å². The molecule has 0 spiro atoms. The number of benzene rings is 3. The summed E-state index contributed by atoms with van der Waals surface area (Å²) in [6.45, 7) is 4.38. The van der Waals surface area contributed by atoms with Gasteiger partial charge in [0.25, 0.3) is 0 Å². The van der Waals surface area contributed by atoms with Gasteiger partial charge in [-0.15, -0.1) is 13.0 Å². The number of urea groups is 1. The Morgan fingerprint density at radius 2 is 1.78 bits per heavy atom. The summed E-state index contributed by atoms with van der Waals surface area (Å²) in [7, 11) is 3.08. The monoisotopic (exact) mass is 623 g/mol. The Morgan fingerprint density at radius 3 is 2.43 bits per heavy atom. The van der Waals surface area contributed by atoms with Gasteiger partial charge in [-0.1, -0.05) is 48.4 Å². The highest BCUT2D eigenvalue weighted by Crippen LogP contribution is 2.34. The number of ether oxygens (including phenoxy) is 2. The van der Waals surface area contributed by atoms with Crippen molar-refractivity contribution in [3.8, 4) is 29.6 Å². The van der Waals surface area contributed by atoms with Crippen molar-refractivity contribution in [1.29, 1.82) is 0 Å². The predicted octanol–water partition coefficient (Wildman–Crippen LogP) is 3.13. The minimum Gasteiger partial charge on any atom is -0.508 e. The Labute approximate surface area is 268 Å². The molecular weight excluding hydrogens is 586 g/mol. The fourth-order valence-corrected chi connectivity index (χ4v) is 5.96. The van der Waals surface area contributed by atoms with Crippen molar-refractivity contribution in [1.82, 2.24) is 25.1 Å². The summed E-state index contributed by atoms with van der Waals surface area (Å²) in [5.41, 5.74) is 3.05. The zero-order valence-corrected chi connectivity index (χ0v) is 25.9. The van der Waals surface area contributed by atoms with Gasteiger partial charge in [0, 0.05) is 37.2 Å². The van der Waals surface area contributed by atoms with Gasteiger partial charge in [-0.2, -0.15) is 0 Å². The fraction of sp³-hybridized carbons (Fsp3) is 0.286. The first-order valence-corrected chi connectivity index (χ1v) is 14.8. The number of carbonyl (C=O) groups excluding carboxylic acids is 3. The van der Waals surface area contributed by atoms with Gasteiger partial charge in [0.2, 0.25) is 11.8 Å². The molecule has 11 nitrogen and oxygen atoms in total. The maximum atomic E-state index is 14.3. The molecule has 0 saturated carbocycles. The number of nitrogens with zero attached hydrogens (tertiary/aromatic N) is 4. The smallest absolute Gasteiger partial charge is 0.334 e. The van der Waals surface area contributed by atoms with Crippen molar-refractivity contribution < 1.29 is 29.0 Å². The number of amides is 4. The largest absolute Gasteiger partial charge is 0.508 e. The lowest BCUT2D eigenvalue weighted by atomic mass is 9.98. The first-order chi connectivity index (χ1) is 22.3. The van der Waals surface area contributed by atoms with Crippen molar-refractivity contribution >= 4 is 17.8 Å². The first kappa shape index (κ1) is 31.9. The summed E-state index contributed by atoms with van der Waals surface area (Å²) in [4.78, 5) is 45.2. The second-order valence-electron chi connectivity index (χ2n) is 11.0. The number of phenols is 1. The van der Waals surface area contributed by atoms with Crippen LogP contribution in [0.25, 0.3) is 0 Å². The van der Waals surface area contributed by atoms with Crippen LogP contribution in [0.4, 0.5) is 4.79 Å². The van der Waals surface area contributed by atoms with E-state index in [0.717, 1.165) is 16.7 Å². The summed E-state index contributed by atoms with van der Waals surface area (Å²) in [5.74, 6) is 3.14. The van der Waals surface area contributed by atoms with Crippen LogP contribution >= 0.6 is 0 Å². The molecule has 11 heteroatoms. The molecule has 2 fully saturated rings. The molecule has 5 rings (SSSR count). The van der Waals surface area contributed by atoms with Crippen LogP contribution in [0.3, 0.4) is 0 Å². The molecule has 3 aromatic carbocycles. The van der Waals surface area contributed by atoms with Crippen LogP contribution < -0.4 is 14.8 Å². The molecule has 2 aliphatic rings. The molecule has 2 saturated heterocycles. The first-order valence-electron chi connectivity index (χ1n) is 14.8. The quantitative estimate of drug-likeness (QED) is 0.264. The number of hydrogen-bond acceptors (Lipinski definition) is 7. The lowest BCUT2D eigenvalue weighted by Crippen LogP contribution is -2.76. The highest BCUT2D eigenvalue weighted by Gasteiger charge is 2.51. The highest BCUT2D eigenvalue weighted by atomic mass is 16.5. The van der Waals surface area contributed by atoms with Gasteiger partial charge in [0.1, 0.15) is 18.0 Å². The Kier molecular flexibility index (Phi) is 9.79. The van der Waals surface area contributed by atoms with Crippen molar-refractivity contribution in [2.24, 2.45) is 0 Å². The van der Waals surface area contributed by atoms with Gasteiger partial charge < -0.3 is 29.7 Å². The van der Waals surface area contributed by atoms with E-state index in [-0.39, 0.29) is 56.7 Å². The molecule has 2 atom stereocenters. The van der Waals surface area contributed by atoms with E-state index in [4.69, 9.17) is 15.9 Å². The second-order valence-corrected chi connectivity index (χ2v) is 11.0. The normalized spacial score (nSPS) is 18.1. The Balaban J connectivity index is 1.51. The molecule has 0 unspecified atom stereocenters. The average Bonchev–Trinajstić information content (AvgIpc) is 3.06. The Hall–Kier alpha value is -5.47. The second kappa shape index (κ2) is 14.1. The third-order valence-corrected chi connectivity index (χ3v) is 8.15. The number of rotatable bonds is 10. The van der Waals surface area contributed by atoms with Crippen molar-refractivity contribution in [3.05, 3.63) is 102 Å². The van der Waals surface area contributed by atoms with E-state index in [1.807, 2.05) is 24.3 Å². The number of fused-ring (bicyclic) bond motifs is 1. The van der Waals surface area contributed by atoms with E-state index >= 15 is 0 Å². The van der Waals surface area contributed by atoms with E-state index in [2.05, 4.69) is 17.8 Å². The molecule has 0 radical (unpaired) electrons. The van der Waals surface area contributed by atoms with Gasteiger partial charge in [-0.3, -0.25) is 9.59 Å². The van der Waals surface area contributed by atoms with Crippen LogP contribution in [0.1, 0.15) is 22.3 Å². The SMILES string of the molecule is C#Cc1ccc(CNC(=O)N2[C@H]3CN(Cc4cccc(OC)c4OC)C(=O)[C@H](Cc4ccc(O)cc4)N3C(=O)CN2CC=C)cc1. The topological polar surface area (TPSA) is 115 Å². The van der Waals surface area contributed by atoms with E-state index in [0.29, 0.717) is 17.1 Å². The summed E-state index contributed by atoms with van der Waals surface area (Å²) in [6.07, 6.45) is 6.47. The third kappa shape index (κ3) is 6.62. The molecule has 4 amide bonds. The minimum absolute atomic E-state index is 0.0505. The predicted molar refractivity (Wildman–Crippen MR) is 171 cm³/mol. The van der Waals surface area contributed by atoms with Crippen LogP contribution in [0.2, 0.25) is 0 Å². The lowest BCUT2D eigenvalue weighted by molar-refractivity contribution is -0.189. The van der Waals surface area contributed by atoms with E-state index < -0.39 is 18.2 Å². The number of hydrazine groups is 1. The van der Waals surface area contributed by atoms with Crippen molar-refractivity contribution in [2.75, 3.05) is 33.9 Å². The maximum absolute atomic E-state index is 14.3. The standard InChI is InChI=1S/C35H37N5O6/c1-5-18-38-23-32(42)39-29(19-25-14-16-28(41)17-15-25)34(43)37(21-27-8-7-9-30(45-3)33(27)46-4)22-31(39)40(38)35(44)36-20-26-12-10-24(6-2)11-13-26/h2,5,7-17,29,31,41H,1,18-23H2,3-4H3,(H,36,44)/t29-,31-/m0/s1. The van der Waals surface area contributed by atoms with Crippen LogP contribution in [0.15, 0.2) is 79.4 Å². The van der Waals surface area contributed by atoms with Gasteiger partial charge >= 0.3 is 6.03 Å². The average molecular weight is 624 g/mol. The number of aromatic hydroxyl groups is 1. The molecular formula is C35H37N5O6. The summed E-state index contributed by atoms with van der Waals surface area (Å²) < 4.78 is 11.1. The van der Waals surface area contributed by atoms with Gasteiger partial charge in [0.05, 0.1) is 27.3 Å². The van der Waals surface area contributed by atoms with E-state index in [1.165, 1.54) is 17.0 Å². The summed E-state index contributed by atoms with van der Waals surface area (Å²) >= 11 is 0. The number of hydrogen-bond donors (Lipinski definition) is 2. The summed E-state index contributed by atoms with van der Waals surface area (Å²) in [6, 6.07) is 17.9. The van der Waals surface area contributed by atoms with Crippen molar-refractivity contribution in [3.63, 3.8) is 0 Å². The number of piperazine rings is 1. The molecule has 0 aliphatic carbocycles. The number of nitrogens with one attached hydrogen (secondary N) is 1. The van der Waals surface area contributed by atoms with Crippen molar-refractivity contribution in [2.45, 2.75) is 31.7 Å². The molecule has 0 aromatic heterocycles. The van der Waals surface area contributed by atoms with Crippen LogP contribution in [-0.2, 0) is 29.1 Å². The molecule has 2 N–H and O–H groups in total. The molecule has 3 aromatic rings. The molecule has 46 heavy (non-hydrogen) atoms. The highest BCUT2D eigenvalue weighted by molar-refractivity contribution is 5.91. The summed E-state index contributed by atoms with van der Waals surface area (Å²) in [5, 5.41) is 16.0. The van der Waals surface area contributed by atoms with Gasteiger partial charge in [0.15, 0.2) is 11.5 Å². The number of carbonyl (C=O) groups is 3. The molecule has 0 bridgehead atoms. The maximum Gasteiger partial charge on any atom is 0.334 e. The van der Waals surface area contributed by atoms with Gasteiger partial charge in [-0.25, -0.2) is 14.8 Å². The number of phenolic OH excluding ortho intramolecular Hbond substituents is 1. The molecule has 238 valence electrons. The van der Waals surface area contributed by atoms with Gasteiger partial charge in [-0.05, 0) is 41.5 Å². The number of methoxy groups -OCH3 is 2. The molecule has 2 aliphatic heterocycles. The number of para-hydroxylation sites is 1. The zero-order chi connectivity index (χ0) is 32.8.